The number of aromatic amines is 1. The first kappa shape index (κ1) is 15.7. The zero-order valence-corrected chi connectivity index (χ0v) is 13.0. The highest BCUT2D eigenvalue weighted by molar-refractivity contribution is 5.98. The molecule has 4 nitrogen and oxygen atoms in total. The smallest absolute Gasteiger partial charge is 0.351 e. The van der Waals surface area contributed by atoms with Gasteiger partial charge in [-0.2, -0.15) is 13.2 Å². The number of H-pyrrole nitrogens is 1. The van der Waals surface area contributed by atoms with E-state index in [1.807, 2.05) is 12.1 Å². The number of nitrogens with one attached hydrogen (secondary N) is 2. The lowest BCUT2D eigenvalue weighted by molar-refractivity contribution is -0.137. The molecule has 2 aromatic heterocycles. The predicted octanol–water partition coefficient (Wildman–Crippen LogP) is 4.00. The van der Waals surface area contributed by atoms with Gasteiger partial charge in [0.25, 0.3) is 5.91 Å². The number of alkyl halides is 3. The third-order valence-electron chi connectivity index (χ3n) is 4.45. The lowest BCUT2D eigenvalue weighted by Crippen LogP contribution is -2.35. The standard InChI is InChI=1S/C18H14F3N3O/c19-18(20,21)12-4-5-13-11(9-12)10-14(23-13)16(25)24-17(6-7-17)15-3-1-2-8-22-15/h1-5,8-10,23H,6-7H2,(H,24,25). The summed E-state index contributed by atoms with van der Waals surface area (Å²) >= 11 is 0. The largest absolute Gasteiger partial charge is 0.416 e. The van der Waals surface area contributed by atoms with E-state index in [4.69, 9.17) is 0 Å². The maximum atomic E-state index is 12.8. The molecule has 0 atom stereocenters. The van der Waals surface area contributed by atoms with Crippen molar-refractivity contribution in [1.82, 2.24) is 15.3 Å². The van der Waals surface area contributed by atoms with Crippen LogP contribution in [0.25, 0.3) is 10.9 Å². The Bertz CT molecular complexity index is 943. The van der Waals surface area contributed by atoms with Crippen LogP contribution < -0.4 is 5.32 Å². The lowest BCUT2D eigenvalue weighted by Gasteiger charge is -2.16. The fourth-order valence-electron chi connectivity index (χ4n) is 2.93. The molecule has 7 heteroatoms. The third-order valence-corrected chi connectivity index (χ3v) is 4.45. The van der Waals surface area contributed by atoms with Gasteiger partial charge in [0.1, 0.15) is 5.69 Å². The van der Waals surface area contributed by atoms with Crippen molar-refractivity contribution in [2.75, 3.05) is 0 Å². The molecule has 0 aliphatic heterocycles. The third kappa shape index (κ3) is 2.86. The van der Waals surface area contributed by atoms with Gasteiger partial charge in [-0.25, -0.2) is 0 Å². The Morgan fingerprint density at radius 2 is 1.96 bits per heavy atom. The molecule has 2 N–H and O–H groups in total. The number of nitrogens with zero attached hydrogens (tertiary/aromatic N) is 1. The van der Waals surface area contributed by atoms with E-state index < -0.39 is 17.3 Å². The van der Waals surface area contributed by atoms with Gasteiger partial charge in [-0.15, -0.1) is 0 Å². The summed E-state index contributed by atoms with van der Waals surface area (Å²) in [5.41, 5.74) is 0.293. The van der Waals surface area contributed by atoms with Crippen LogP contribution in [0.4, 0.5) is 13.2 Å². The zero-order chi connectivity index (χ0) is 17.7. The molecule has 1 saturated carbocycles. The van der Waals surface area contributed by atoms with Crippen molar-refractivity contribution >= 4 is 16.8 Å². The summed E-state index contributed by atoms with van der Waals surface area (Å²) in [7, 11) is 0. The second kappa shape index (κ2) is 5.34. The van der Waals surface area contributed by atoms with Crippen LogP contribution in [0.3, 0.4) is 0 Å². The average Bonchev–Trinajstić information content (AvgIpc) is 3.23. The van der Waals surface area contributed by atoms with Gasteiger partial charge in [0.15, 0.2) is 0 Å². The minimum Gasteiger partial charge on any atom is -0.351 e. The fraction of sp³-hybridized carbons (Fsp3) is 0.222. The number of pyridine rings is 1. The quantitative estimate of drug-likeness (QED) is 0.754. The molecule has 25 heavy (non-hydrogen) atoms. The Kier molecular flexibility index (Phi) is 3.35. The minimum atomic E-state index is -4.41. The van der Waals surface area contributed by atoms with Crippen LogP contribution in [0.15, 0.2) is 48.7 Å². The number of hydrogen-bond acceptors (Lipinski definition) is 2. The molecule has 128 valence electrons. The van der Waals surface area contributed by atoms with Crippen LogP contribution in [-0.4, -0.2) is 15.9 Å². The molecule has 0 saturated heterocycles. The number of carbonyl (C=O) groups is 1. The summed E-state index contributed by atoms with van der Waals surface area (Å²) in [6, 6.07) is 10.3. The van der Waals surface area contributed by atoms with Crippen LogP contribution >= 0.6 is 0 Å². The van der Waals surface area contributed by atoms with Gasteiger partial charge in [0, 0.05) is 17.1 Å². The SMILES string of the molecule is O=C(NC1(c2ccccn2)CC1)c1cc2cc(C(F)(F)F)ccc2[nH]1. The minimum absolute atomic E-state index is 0.233. The first-order chi connectivity index (χ1) is 11.9. The van der Waals surface area contributed by atoms with Crippen LogP contribution in [0.1, 0.15) is 34.6 Å². The van der Waals surface area contributed by atoms with E-state index in [1.165, 1.54) is 12.1 Å². The molecule has 2 heterocycles. The maximum Gasteiger partial charge on any atom is 0.416 e. The van der Waals surface area contributed by atoms with Gasteiger partial charge in [-0.05, 0) is 49.2 Å². The van der Waals surface area contributed by atoms with Gasteiger partial charge >= 0.3 is 6.18 Å². The second-order valence-electron chi connectivity index (χ2n) is 6.23. The average molecular weight is 345 g/mol. The number of benzene rings is 1. The van der Waals surface area contributed by atoms with Crippen molar-refractivity contribution < 1.29 is 18.0 Å². The van der Waals surface area contributed by atoms with Gasteiger partial charge in [-0.1, -0.05) is 6.07 Å². The van der Waals surface area contributed by atoms with Crippen molar-refractivity contribution in [3.05, 3.63) is 65.6 Å². The molecule has 1 aromatic carbocycles. The van der Waals surface area contributed by atoms with E-state index >= 15 is 0 Å². The molecule has 0 spiro atoms. The van der Waals surface area contributed by atoms with Crippen molar-refractivity contribution in [3.8, 4) is 0 Å². The molecule has 1 amide bonds. The molecule has 0 radical (unpaired) electrons. The summed E-state index contributed by atoms with van der Waals surface area (Å²) in [5.74, 6) is -0.354. The number of aromatic nitrogens is 2. The number of halogens is 3. The van der Waals surface area contributed by atoms with Crippen LogP contribution in [0, 0.1) is 0 Å². The second-order valence-corrected chi connectivity index (χ2v) is 6.23. The number of amides is 1. The van der Waals surface area contributed by atoms with Gasteiger partial charge in [-0.3, -0.25) is 9.78 Å². The van der Waals surface area contributed by atoms with E-state index in [0.717, 1.165) is 30.7 Å². The predicted molar refractivity (Wildman–Crippen MR) is 85.9 cm³/mol. The van der Waals surface area contributed by atoms with Gasteiger partial charge in [0.05, 0.1) is 16.8 Å². The Labute approximate surface area is 141 Å². The molecule has 1 aliphatic rings. The first-order valence-electron chi connectivity index (χ1n) is 7.81. The summed E-state index contributed by atoms with van der Waals surface area (Å²) in [5, 5.41) is 3.30. The van der Waals surface area contributed by atoms with Gasteiger partial charge < -0.3 is 10.3 Å². The molecular formula is C18H14F3N3O. The highest BCUT2D eigenvalue weighted by Crippen LogP contribution is 2.44. The molecule has 4 rings (SSSR count). The van der Waals surface area contributed by atoms with Crippen molar-refractivity contribution in [2.24, 2.45) is 0 Å². The summed E-state index contributed by atoms with van der Waals surface area (Å²) < 4.78 is 38.4. The van der Waals surface area contributed by atoms with E-state index in [-0.39, 0.29) is 11.6 Å². The zero-order valence-electron chi connectivity index (χ0n) is 13.0. The summed E-state index contributed by atoms with van der Waals surface area (Å²) in [6.07, 6.45) is -1.17. The Balaban J connectivity index is 1.61. The Morgan fingerprint density at radius 1 is 1.16 bits per heavy atom. The Hall–Kier alpha value is -2.83. The monoisotopic (exact) mass is 345 g/mol. The summed E-state index contributed by atoms with van der Waals surface area (Å²) in [4.78, 5) is 19.7. The van der Waals surface area contributed by atoms with Crippen LogP contribution in [0.2, 0.25) is 0 Å². The highest BCUT2D eigenvalue weighted by Gasteiger charge is 2.47. The van der Waals surface area contributed by atoms with Crippen LogP contribution in [0.5, 0.6) is 0 Å². The van der Waals surface area contributed by atoms with E-state index in [9.17, 15) is 18.0 Å². The number of carbonyl (C=O) groups excluding carboxylic acids is 1. The van der Waals surface area contributed by atoms with Crippen molar-refractivity contribution in [3.63, 3.8) is 0 Å². The lowest BCUT2D eigenvalue weighted by atomic mass is 10.1. The fourth-order valence-corrected chi connectivity index (χ4v) is 2.93. The number of hydrogen-bond donors (Lipinski definition) is 2. The molecule has 0 bridgehead atoms. The van der Waals surface area contributed by atoms with E-state index in [1.54, 1.807) is 12.3 Å². The topological polar surface area (TPSA) is 57.8 Å². The summed E-state index contributed by atoms with van der Waals surface area (Å²) in [6.45, 7) is 0. The highest BCUT2D eigenvalue weighted by atomic mass is 19.4. The number of rotatable bonds is 3. The first-order valence-corrected chi connectivity index (χ1v) is 7.81. The van der Waals surface area contributed by atoms with Crippen molar-refractivity contribution in [2.45, 2.75) is 24.6 Å². The molecular weight excluding hydrogens is 331 g/mol. The molecule has 1 fully saturated rings. The van der Waals surface area contributed by atoms with Gasteiger partial charge in [0.2, 0.25) is 0 Å². The normalized spacial score (nSPS) is 16.0. The number of fused-ring (bicyclic) bond motifs is 1. The molecule has 3 aromatic rings. The molecule has 1 aliphatic carbocycles. The maximum absolute atomic E-state index is 12.8. The molecule has 0 unspecified atom stereocenters. The van der Waals surface area contributed by atoms with Crippen LogP contribution in [-0.2, 0) is 11.7 Å². The van der Waals surface area contributed by atoms with E-state index in [0.29, 0.717) is 10.9 Å². The van der Waals surface area contributed by atoms with Crippen molar-refractivity contribution in [1.29, 1.82) is 0 Å². The van der Waals surface area contributed by atoms with E-state index in [2.05, 4.69) is 15.3 Å². The Morgan fingerprint density at radius 3 is 2.60 bits per heavy atom.